The summed E-state index contributed by atoms with van der Waals surface area (Å²) in [6.45, 7) is 3.99. The quantitative estimate of drug-likeness (QED) is 0.573. The van der Waals surface area contributed by atoms with E-state index in [-0.39, 0.29) is 11.9 Å². The molecule has 2 aromatic carbocycles. The fraction of sp³-hybridized carbons (Fsp3) is 0.250. The van der Waals surface area contributed by atoms with Crippen LogP contribution >= 0.6 is 0 Å². The van der Waals surface area contributed by atoms with Gasteiger partial charge >= 0.3 is 0 Å². The van der Waals surface area contributed by atoms with Gasteiger partial charge in [-0.2, -0.15) is 0 Å². The van der Waals surface area contributed by atoms with Crippen LogP contribution in [0.1, 0.15) is 11.6 Å². The fourth-order valence-corrected chi connectivity index (χ4v) is 2.95. The zero-order chi connectivity index (χ0) is 17.8. The van der Waals surface area contributed by atoms with Crippen molar-refractivity contribution in [2.24, 2.45) is 0 Å². The Morgan fingerprint density at radius 3 is 2.08 bits per heavy atom. The van der Waals surface area contributed by atoms with Gasteiger partial charge in [-0.05, 0) is 42.0 Å². The lowest BCUT2D eigenvalue weighted by atomic mass is 9.89. The molecule has 5 heteroatoms. The molecule has 0 radical (unpaired) electrons. The van der Waals surface area contributed by atoms with Crippen molar-refractivity contribution < 1.29 is 19.0 Å². The molecule has 25 heavy (non-hydrogen) atoms. The number of amides is 1. The van der Waals surface area contributed by atoms with E-state index in [1.54, 1.807) is 25.2 Å². The van der Waals surface area contributed by atoms with E-state index in [1.807, 2.05) is 48.5 Å². The molecule has 1 fully saturated rings. The summed E-state index contributed by atoms with van der Waals surface area (Å²) in [6, 6.07) is 14.9. The van der Waals surface area contributed by atoms with Gasteiger partial charge in [0, 0.05) is 5.69 Å². The number of nitrogens with zero attached hydrogens (tertiary/aromatic N) is 1. The summed E-state index contributed by atoms with van der Waals surface area (Å²) in [5.74, 6) is 1.46. The number of hydrogen-bond donors (Lipinski definition) is 0. The Hall–Kier alpha value is -2.79. The minimum absolute atomic E-state index is 0.0622. The minimum Gasteiger partial charge on any atom is -0.497 e. The van der Waals surface area contributed by atoms with Gasteiger partial charge in [0.15, 0.2) is 6.10 Å². The summed E-state index contributed by atoms with van der Waals surface area (Å²) in [6.07, 6.45) is 1.13. The zero-order valence-electron chi connectivity index (χ0n) is 14.3. The van der Waals surface area contributed by atoms with Crippen molar-refractivity contribution >= 4 is 11.6 Å². The molecular weight excluding hydrogens is 318 g/mol. The molecule has 0 N–H and O–H groups in total. The summed E-state index contributed by atoms with van der Waals surface area (Å²) >= 11 is 0. The van der Waals surface area contributed by atoms with Crippen LogP contribution in [0.2, 0.25) is 0 Å². The van der Waals surface area contributed by atoms with E-state index in [1.165, 1.54) is 0 Å². The summed E-state index contributed by atoms with van der Waals surface area (Å²) in [5.41, 5.74) is 1.80. The average Bonchev–Trinajstić information content (AvgIpc) is 2.67. The van der Waals surface area contributed by atoms with Crippen LogP contribution in [0.25, 0.3) is 0 Å². The first-order valence-electron chi connectivity index (χ1n) is 8.03. The summed E-state index contributed by atoms with van der Waals surface area (Å²) in [7, 11) is 3.24. The van der Waals surface area contributed by atoms with E-state index >= 15 is 0 Å². The highest BCUT2D eigenvalue weighted by molar-refractivity contribution is 6.05. The molecule has 2 atom stereocenters. The predicted octanol–water partition coefficient (Wildman–Crippen LogP) is 3.36. The van der Waals surface area contributed by atoms with Crippen LogP contribution in [0.3, 0.4) is 0 Å². The van der Waals surface area contributed by atoms with Gasteiger partial charge in [0.25, 0.3) is 5.91 Å². The lowest BCUT2D eigenvalue weighted by Gasteiger charge is -2.46. The molecule has 1 aliphatic rings. The molecule has 0 aromatic heterocycles. The predicted molar refractivity (Wildman–Crippen MR) is 96.2 cm³/mol. The van der Waals surface area contributed by atoms with Gasteiger partial charge in [-0.3, -0.25) is 9.69 Å². The zero-order valence-corrected chi connectivity index (χ0v) is 14.3. The molecule has 2 aromatic rings. The molecule has 130 valence electrons. The van der Waals surface area contributed by atoms with Gasteiger partial charge in [0.2, 0.25) is 0 Å². The molecule has 0 aliphatic carbocycles. The van der Waals surface area contributed by atoms with Crippen molar-refractivity contribution in [3.05, 3.63) is 66.7 Å². The molecule has 1 saturated heterocycles. The van der Waals surface area contributed by atoms with Crippen molar-refractivity contribution in [2.75, 3.05) is 25.7 Å². The van der Waals surface area contributed by atoms with Crippen LogP contribution in [0.15, 0.2) is 61.2 Å². The smallest absolute Gasteiger partial charge is 0.259 e. The Bertz CT molecular complexity index is 739. The second kappa shape index (κ2) is 7.40. The third-order valence-electron chi connectivity index (χ3n) is 4.25. The van der Waals surface area contributed by atoms with Gasteiger partial charge in [-0.15, -0.1) is 6.58 Å². The van der Waals surface area contributed by atoms with Crippen molar-refractivity contribution in [3.63, 3.8) is 0 Å². The second-order valence-electron chi connectivity index (χ2n) is 5.67. The number of β-lactam (4-membered cyclic amide) rings is 1. The highest BCUT2D eigenvalue weighted by atomic mass is 16.5. The van der Waals surface area contributed by atoms with Crippen molar-refractivity contribution in [3.8, 4) is 11.5 Å². The van der Waals surface area contributed by atoms with Crippen LogP contribution in [-0.2, 0) is 9.53 Å². The first kappa shape index (κ1) is 17.0. The third kappa shape index (κ3) is 3.23. The molecular formula is C20H21NO4. The Morgan fingerprint density at radius 1 is 1.00 bits per heavy atom. The molecule has 0 unspecified atom stereocenters. The molecule has 5 nitrogen and oxygen atoms in total. The number of ether oxygens (including phenoxy) is 3. The lowest BCUT2D eigenvalue weighted by Crippen LogP contribution is -2.60. The Balaban J connectivity index is 1.91. The van der Waals surface area contributed by atoms with Crippen LogP contribution < -0.4 is 14.4 Å². The van der Waals surface area contributed by atoms with Crippen molar-refractivity contribution in [2.45, 2.75) is 12.1 Å². The average molecular weight is 339 g/mol. The number of benzene rings is 2. The standard InChI is InChI=1S/C20H21NO4/c1-4-13-25-19-18(14-5-9-16(23-2)10-6-14)21(20(19)22)15-7-11-17(24-3)12-8-15/h4-12,18-19H,1,13H2,2-3H3/t18-,19+/m1/s1. The number of rotatable bonds is 7. The Kier molecular flexibility index (Phi) is 5.05. The van der Waals surface area contributed by atoms with Crippen molar-refractivity contribution in [1.82, 2.24) is 0 Å². The maximum absolute atomic E-state index is 12.6. The van der Waals surface area contributed by atoms with Gasteiger partial charge in [0.1, 0.15) is 11.5 Å². The van der Waals surface area contributed by atoms with Crippen LogP contribution in [0.5, 0.6) is 11.5 Å². The molecule has 1 heterocycles. The maximum atomic E-state index is 12.6. The summed E-state index contributed by atoms with van der Waals surface area (Å²) in [5, 5.41) is 0. The molecule has 1 amide bonds. The summed E-state index contributed by atoms with van der Waals surface area (Å²) < 4.78 is 16.1. The lowest BCUT2D eigenvalue weighted by molar-refractivity contribution is -0.141. The van der Waals surface area contributed by atoms with Gasteiger partial charge in [-0.25, -0.2) is 0 Å². The molecule has 0 spiro atoms. The minimum atomic E-state index is -0.520. The highest BCUT2D eigenvalue weighted by Crippen LogP contribution is 2.41. The largest absolute Gasteiger partial charge is 0.497 e. The third-order valence-corrected chi connectivity index (χ3v) is 4.25. The van der Waals surface area contributed by atoms with E-state index in [2.05, 4.69) is 6.58 Å². The Labute approximate surface area is 147 Å². The van der Waals surface area contributed by atoms with Crippen molar-refractivity contribution in [1.29, 1.82) is 0 Å². The molecule has 0 saturated carbocycles. The van der Waals surface area contributed by atoms with Crippen LogP contribution in [-0.4, -0.2) is 32.8 Å². The first-order chi connectivity index (χ1) is 12.2. The topological polar surface area (TPSA) is 48.0 Å². The van der Waals surface area contributed by atoms with Gasteiger partial charge < -0.3 is 14.2 Å². The van der Waals surface area contributed by atoms with E-state index in [0.717, 1.165) is 22.7 Å². The maximum Gasteiger partial charge on any atom is 0.259 e. The van der Waals surface area contributed by atoms with Gasteiger partial charge in [0.05, 0.1) is 26.9 Å². The first-order valence-corrected chi connectivity index (χ1v) is 8.03. The number of carbonyl (C=O) groups excluding carboxylic acids is 1. The summed E-state index contributed by atoms with van der Waals surface area (Å²) in [4.78, 5) is 14.4. The van der Waals surface area contributed by atoms with E-state index in [0.29, 0.717) is 6.61 Å². The highest BCUT2D eigenvalue weighted by Gasteiger charge is 2.49. The number of hydrogen-bond acceptors (Lipinski definition) is 4. The normalized spacial score (nSPS) is 19.3. The molecule has 1 aliphatic heterocycles. The molecule has 0 bridgehead atoms. The van der Waals surface area contributed by atoms with Gasteiger partial charge in [-0.1, -0.05) is 18.2 Å². The van der Waals surface area contributed by atoms with E-state index in [4.69, 9.17) is 14.2 Å². The van der Waals surface area contributed by atoms with Crippen LogP contribution in [0, 0.1) is 0 Å². The second-order valence-corrected chi connectivity index (χ2v) is 5.67. The molecule has 3 rings (SSSR count). The SMILES string of the molecule is C=CCO[C@@H]1C(=O)N(c2ccc(OC)cc2)[C@@H]1c1ccc(OC)cc1. The van der Waals surface area contributed by atoms with E-state index < -0.39 is 6.10 Å². The monoisotopic (exact) mass is 339 g/mol. The number of anilines is 1. The Morgan fingerprint density at radius 2 is 1.56 bits per heavy atom. The number of carbonyl (C=O) groups is 1. The van der Waals surface area contributed by atoms with Crippen LogP contribution in [0.4, 0.5) is 5.69 Å². The van der Waals surface area contributed by atoms with E-state index in [9.17, 15) is 4.79 Å². The fourth-order valence-electron chi connectivity index (χ4n) is 2.95. The number of methoxy groups -OCH3 is 2.